The summed E-state index contributed by atoms with van der Waals surface area (Å²) < 4.78 is 0. The number of guanidine groups is 2. The second kappa shape index (κ2) is 7.25. The number of nitrogens with one attached hydrogen (secondary N) is 4. The Balaban J connectivity index is 1.64. The zero-order valence-corrected chi connectivity index (χ0v) is 10.2. The Labute approximate surface area is 106 Å². The molecular formula is C10H18N8. The maximum atomic E-state index is 4.21. The largest absolute Gasteiger partial charge is 0.355 e. The van der Waals surface area contributed by atoms with Crippen molar-refractivity contribution in [3.8, 4) is 0 Å². The van der Waals surface area contributed by atoms with Gasteiger partial charge in [0.05, 0.1) is 12.4 Å². The van der Waals surface area contributed by atoms with E-state index in [1.807, 2.05) is 0 Å². The van der Waals surface area contributed by atoms with Crippen LogP contribution in [0.4, 0.5) is 0 Å². The second-order valence-electron chi connectivity index (χ2n) is 3.80. The van der Waals surface area contributed by atoms with Crippen LogP contribution in [0.25, 0.3) is 0 Å². The SMILES string of the molecule is C(/C=N/NC1=NCCCN1)=N\NC1=NCCCN1. The Bertz CT molecular complexity index is 334. The molecule has 0 saturated carbocycles. The molecule has 2 aliphatic rings. The van der Waals surface area contributed by atoms with Crippen LogP contribution in [-0.4, -0.2) is 50.5 Å². The van der Waals surface area contributed by atoms with Crippen molar-refractivity contribution in [2.45, 2.75) is 12.8 Å². The predicted molar refractivity (Wildman–Crippen MR) is 73.1 cm³/mol. The van der Waals surface area contributed by atoms with Crippen LogP contribution in [0.1, 0.15) is 12.8 Å². The van der Waals surface area contributed by atoms with Gasteiger partial charge in [0.2, 0.25) is 11.9 Å². The monoisotopic (exact) mass is 250 g/mol. The van der Waals surface area contributed by atoms with Gasteiger partial charge in [-0.25, -0.2) is 10.9 Å². The Kier molecular flexibility index (Phi) is 4.97. The van der Waals surface area contributed by atoms with Crippen molar-refractivity contribution in [2.24, 2.45) is 20.2 Å². The summed E-state index contributed by atoms with van der Waals surface area (Å²) in [6, 6.07) is 0. The lowest BCUT2D eigenvalue weighted by Crippen LogP contribution is -2.38. The minimum atomic E-state index is 0.706. The summed E-state index contributed by atoms with van der Waals surface area (Å²) in [5.74, 6) is 1.41. The van der Waals surface area contributed by atoms with E-state index in [0.717, 1.165) is 39.0 Å². The van der Waals surface area contributed by atoms with E-state index in [2.05, 4.69) is 41.7 Å². The molecule has 0 amide bonds. The van der Waals surface area contributed by atoms with E-state index in [0.29, 0.717) is 11.9 Å². The maximum absolute atomic E-state index is 4.21. The summed E-state index contributed by atoms with van der Waals surface area (Å²) in [6.07, 6.45) is 5.23. The van der Waals surface area contributed by atoms with Gasteiger partial charge in [-0.1, -0.05) is 0 Å². The zero-order valence-electron chi connectivity index (χ0n) is 10.2. The van der Waals surface area contributed by atoms with Gasteiger partial charge in [0.25, 0.3) is 0 Å². The summed E-state index contributed by atoms with van der Waals surface area (Å²) in [7, 11) is 0. The fourth-order valence-electron chi connectivity index (χ4n) is 1.48. The molecule has 8 nitrogen and oxygen atoms in total. The summed E-state index contributed by atoms with van der Waals surface area (Å²) in [6.45, 7) is 3.54. The van der Waals surface area contributed by atoms with Gasteiger partial charge in [0, 0.05) is 26.2 Å². The molecule has 0 radical (unpaired) electrons. The molecule has 0 unspecified atom stereocenters. The molecule has 18 heavy (non-hydrogen) atoms. The molecule has 4 N–H and O–H groups in total. The van der Waals surface area contributed by atoms with E-state index in [4.69, 9.17) is 0 Å². The van der Waals surface area contributed by atoms with Gasteiger partial charge in [-0.15, -0.1) is 0 Å². The van der Waals surface area contributed by atoms with Crippen molar-refractivity contribution in [3.05, 3.63) is 0 Å². The first-order valence-corrected chi connectivity index (χ1v) is 6.08. The highest BCUT2D eigenvalue weighted by atomic mass is 15.4. The second-order valence-corrected chi connectivity index (χ2v) is 3.80. The Hall–Kier alpha value is -2.12. The van der Waals surface area contributed by atoms with Crippen LogP contribution < -0.4 is 21.5 Å². The van der Waals surface area contributed by atoms with Crippen molar-refractivity contribution in [1.82, 2.24) is 21.5 Å². The molecule has 0 aromatic carbocycles. The van der Waals surface area contributed by atoms with E-state index in [-0.39, 0.29) is 0 Å². The van der Waals surface area contributed by atoms with Gasteiger partial charge in [-0.3, -0.25) is 9.98 Å². The lowest BCUT2D eigenvalue weighted by atomic mass is 10.4. The molecule has 0 aromatic heterocycles. The molecule has 0 atom stereocenters. The molecular weight excluding hydrogens is 232 g/mol. The minimum absolute atomic E-state index is 0.706. The highest BCUT2D eigenvalue weighted by molar-refractivity contribution is 6.16. The van der Waals surface area contributed by atoms with Crippen LogP contribution >= 0.6 is 0 Å². The third-order valence-corrected chi connectivity index (χ3v) is 2.35. The lowest BCUT2D eigenvalue weighted by molar-refractivity contribution is 0.711. The number of hydrazone groups is 2. The summed E-state index contributed by atoms with van der Waals surface area (Å²) in [4.78, 5) is 8.42. The molecule has 0 spiro atoms. The summed E-state index contributed by atoms with van der Waals surface area (Å²) in [5.41, 5.74) is 5.61. The van der Waals surface area contributed by atoms with Crippen LogP contribution in [0, 0.1) is 0 Å². The minimum Gasteiger partial charge on any atom is -0.355 e. The van der Waals surface area contributed by atoms with Gasteiger partial charge in [0.1, 0.15) is 0 Å². The quantitative estimate of drug-likeness (QED) is 0.375. The van der Waals surface area contributed by atoms with Crippen LogP contribution in [0.5, 0.6) is 0 Å². The molecule has 2 rings (SSSR count). The Morgan fingerprint density at radius 3 is 1.78 bits per heavy atom. The standard InChI is InChI=1S/C10H18N8/c1-3-11-9(12-4-1)17-15-7-8-16-18-10-13-5-2-6-14-10/h7-8H,1-6H2,(H2,11,12,17)(H2,13,14,18)/b15-7+,16-8+. The van der Waals surface area contributed by atoms with Crippen LogP contribution in [-0.2, 0) is 0 Å². The first-order valence-electron chi connectivity index (χ1n) is 6.08. The normalized spacial score (nSPS) is 20.0. The molecule has 0 aliphatic carbocycles. The zero-order chi connectivity index (χ0) is 12.5. The van der Waals surface area contributed by atoms with Gasteiger partial charge in [0.15, 0.2) is 0 Å². The predicted octanol–water partition coefficient (Wildman–Crippen LogP) is -1.16. The van der Waals surface area contributed by atoms with E-state index in [1.54, 1.807) is 12.4 Å². The third kappa shape index (κ3) is 4.40. The molecule has 2 aliphatic heterocycles. The number of hydrogen-bond donors (Lipinski definition) is 4. The first kappa shape index (κ1) is 12.3. The van der Waals surface area contributed by atoms with E-state index in [1.165, 1.54) is 0 Å². The van der Waals surface area contributed by atoms with E-state index >= 15 is 0 Å². The fourth-order valence-corrected chi connectivity index (χ4v) is 1.48. The Morgan fingerprint density at radius 1 is 0.889 bits per heavy atom. The smallest absolute Gasteiger partial charge is 0.212 e. The molecule has 0 aromatic rings. The molecule has 0 saturated heterocycles. The van der Waals surface area contributed by atoms with E-state index in [9.17, 15) is 0 Å². The van der Waals surface area contributed by atoms with Gasteiger partial charge >= 0.3 is 0 Å². The third-order valence-electron chi connectivity index (χ3n) is 2.35. The van der Waals surface area contributed by atoms with Crippen LogP contribution in [0.15, 0.2) is 20.2 Å². The number of rotatable bonds is 3. The van der Waals surface area contributed by atoms with Crippen LogP contribution in [0.2, 0.25) is 0 Å². The highest BCUT2D eigenvalue weighted by Gasteiger charge is 2.01. The van der Waals surface area contributed by atoms with E-state index < -0.39 is 0 Å². The number of nitrogens with zero attached hydrogens (tertiary/aromatic N) is 4. The average Bonchev–Trinajstić information content (AvgIpc) is 2.45. The summed E-state index contributed by atoms with van der Waals surface area (Å²) in [5, 5.41) is 14.1. The molecule has 8 heteroatoms. The lowest BCUT2D eigenvalue weighted by Gasteiger charge is -2.12. The van der Waals surface area contributed by atoms with Gasteiger partial charge in [-0.2, -0.15) is 10.2 Å². The maximum Gasteiger partial charge on any atom is 0.212 e. The molecule has 2 heterocycles. The fraction of sp³-hybridized carbons (Fsp3) is 0.600. The topological polar surface area (TPSA) is 97.6 Å². The van der Waals surface area contributed by atoms with Gasteiger partial charge < -0.3 is 10.6 Å². The van der Waals surface area contributed by atoms with Crippen molar-refractivity contribution in [1.29, 1.82) is 0 Å². The highest BCUT2D eigenvalue weighted by Crippen LogP contribution is 1.87. The van der Waals surface area contributed by atoms with Crippen molar-refractivity contribution >= 4 is 24.3 Å². The number of aliphatic imine (C=N–C) groups is 2. The van der Waals surface area contributed by atoms with Crippen molar-refractivity contribution in [3.63, 3.8) is 0 Å². The van der Waals surface area contributed by atoms with Crippen LogP contribution in [0.3, 0.4) is 0 Å². The van der Waals surface area contributed by atoms with Crippen molar-refractivity contribution in [2.75, 3.05) is 26.2 Å². The number of hydrogen-bond acceptors (Lipinski definition) is 8. The summed E-state index contributed by atoms with van der Waals surface area (Å²) >= 11 is 0. The van der Waals surface area contributed by atoms with Gasteiger partial charge in [-0.05, 0) is 12.8 Å². The van der Waals surface area contributed by atoms with Crippen molar-refractivity contribution < 1.29 is 0 Å². The first-order chi connectivity index (χ1) is 8.95. The molecule has 0 fully saturated rings. The molecule has 98 valence electrons. The average molecular weight is 250 g/mol. The molecule has 0 bridgehead atoms. The Morgan fingerprint density at radius 2 is 1.39 bits per heavy atom.